The Kier molecular flexibility index (Phi) is 4.19. The summed E-state index contributed by atoms with van der Waals surface area (Å²) in [5.41, 5.74) is 4.06. The van der Waals surface area contributed by atoms with E-state index in [9.17, 15) is 0 Å². The summed E-state index contributed by atoms with van der Waals surface area (Å²) in [6.07, 6.45) is 3.99. The summed E-state index contributed by atoms with van der Waals surface area (Å²) in [6, 6.07) is 7.04. The maximum atomic E-state index is 5.89. The molecule has 2 atom stereocenters. The summed E-state index contributed by atoms with van der Waals surface area (Å²) in [4.78, 5) is 0. The lowest BCUT2D eigenvalue weighted by molar-refractivity contribution is -0.00662. The average molecular weight is 233 g/mol. The normalized spacial score (nSPS) is 22.4. The lowest BCUT2D eigenvalue weighted by Gasteiger charge is -2.31. The fourth-order valence-corrected chi connectivity index (χ4v) is 2.55. The molecule has 1 aromatic carbocycles. The molecule has 0 aromatic heterocycles. The molecule has 1 aliphatic heterocycles. The summed E-state index contributed by atoms with van der Waals surface area (Å²) in [6.45, 7) is 5.24. The van der Waals surface area contributed by atoms with Crippen molar-refractivity contribution in [2.45, 2.75) is 45.3 Å². The predicted molar refractivity (Wildman–Crippen MR) is 71.3 cm³/mol. The molecule has 1 aliphatic rings. The molecule has 2 heteroatoms. The van der Waals surface area contributed by atoms with Gasteiger partial charge in [0, 0.05) is 6.61 Å². The molecule has 17 heavy (non-hydrogen) atoms. The van der Waals surface area contributed by atoms with Crippen molar-refractivity contribution in [2.75, 3.05) is 13.7 Å². The standard InChI is InChI=1S/C15H23NO/c1-11-7-8-13(10-12(11)2)15(16-3)14-6-4-5-9-17-14/h7-8,10,14-16H,4-6,9H2,1-3H3. The van der Waals surface area contributed by atoms with Crippen LogP contribution in [-0.4, -0.2) is 19.8 Å². The molecule has 0 aliphatic carbocycles. The van der Waals surface area contributed by atoms with E-state index in [1.807, 2.05) is 7.05 Å². The Bertz CT molecular complexity index is 369. The summed E-state index contributed by atoms with van der Waals surface area (Å²) in [7, 11) is 2.03. The second-order valence-corrected chi connectivity index (χ2v) is 5.02. The highest BCUT2D eigenvalue weighted by atomic mass is 16.5. The lowest BCUT2D eigenvalue weighted by atomic mass is 9.94. The van der Waals surface area contributed by atoms with Gasteiger partial charge in [0.2, 0.25) is 0 Å². The Hall–Kier alpha value is -0.860. The van der Waals surface area contributed by atoms with Gasteiger partial charge in [-0.25, -0.2) is 0 Å². The zero-order valence-electron chi connectivity index (χ0n) is 11.1. The second kappa shape index (κ2) is 5.65. The van der Waals surface area contributed by atoms with Crippen LogP contribution in [0.4, 0.5) is 0 Å². The molecule has 0 amide bonds. The van der Waals surface area contributed by atoms with E-state index in [4.69, 9.17) is 4.74 Å². The van der Waals surface area contributed by atoms with Gasteiger partial charge in [0.15, 0.2) is 0 Å². The van der Waals surface area contributed by atoms with Gasteiger partial charge >= 0.3 is 0 Å². The van der Waals surface area contributed by atoms with Crippen LogP contribution in [-0.2, 0) is 4.74 Å². The van der Waals surface area contributed by atoms with Crippen molar-refractivity contribution in [1.82, 2.24) is 5.32 Å². The summed E-state index contributed by atoms with van der Waals surface area (Å²) in [5.74, 6) is 0. The van der Waals surface area contributed by atoms with Crippen LogP contribution in [0.25, 0.3) is 0 Å². The molecular weight excluding hydrogens is 210 g/mol. The number of benzene rings is 1. The molecule has 2 unspecified atom stereocenters. The summed E-state index contributed by atoms with van der Waals surface area (Å²) in [5, 5.41) is 3.41. The van der Waals surface area contributed by atoms with Gasteiger partial charge in [0.05, 0.1) is 12.1 Å². The van der Waals surface area contributed by atoms with E-state index in [1.54, 1.807) is 0 Å². The van der Waals surface area contributed by atoms with Crippen LogP contribution in [0.1, 0.15) is 42.0 Å². The van der Waals surface area contributed by atoms with Crippen LogP contribution < -0.4 is 5.32 Å². The van der Waals surface area contributed by atoms with Gasteiger partial charge in [-0.2, -0.15) is 0 Å². The third kappa shape index (κ3) is 2.88. The monoisotopic (exact) mass is 233 g/mol. The van der Waals surface area contributed by atoms with Crippen molar-refractivity contribution in [3.8, 4) is 0 Å². The maximum absolute atomic E-state index is 5.89. The van der Waals surface area contributed by atoms with Crippen LogP contribution in [0, 0.1) is 13.8 Å². The smallest absolute Gasteiger partial charge is 0.0769 e. The third-order valence-electron chi connectivity index (χ3n) is 3.79. The predicted octanol–water partition coefficient (Wildman–Crippen LogP) is 3.13. The van der Waals surface area contributed by atoms with Crippen molar-refractivity contribution in [1.29, 1.82) is 0 Å². The number of hydrogen-bond donors (Lipinski definition) is 1. The zero-order chi connectivity index (χ0) is 12.3. The minimum atomic E-state index is 0.328. The molecular formula is C15H23NO. The van der Waals surface area contributed by atoms with Crippen LogP contribution in [0.5, 0.6) is 0 Å². The van der Waals surface area contributed by atoms with Crippen molar-refractivity contribution in [2.24, 2.45) is 0 Å². The van der Waals surface area contributed by atoms with Crippen LogP contribution >= 0.6 is 0 Å². The molecule has 1 aromatic rings. The van der Waals surface area contributed by atoms with Gasteiger partial charge < -0.3 is 10.1 Å². The van der Waals surface area contributed by atoms with Gasteiger partial charge in [-0.05, 0) is 56.8 Å². The van der Waals surface area contributed by atoms with Gasteiger partial charge in [-0.15, -0.1) is 0 Å². The van der Waals surface area contributed by atoms with E-state index in [-0.39, 0.29) is 0 Å². The quantitative estimate of drug-likeness (QED) is 0.866. The van der Waals surface area contributed by atoms with Crippen molar-refractivity contribution >= 4 is 0 Å². The molecule has 2 rings (SSSR count). The number of hydrogen-bond acceptors (Lipinski definition) is 2. The van der Waals surface area contributed by atoms with E-state index < -0.39 is 0 Å². The van der Waals surface area contributed by atoms with E-state index in [0.29, 0.717) is 12.1 Å². The first-order valence-electron chi connectivity index (χ1n) is 6.58. The number of rotatable bonds is 3. The maximum Gasteiger partial charge on any atom is 0.0769 e. The highest BCUT2D eigenvalue weighted by Gasteiger charge is 2.24. The molecule has 2 nitrogen and oxygen atoms in total. The van der Waals surface area contributed by atoms with Crippen molar-refractivity contribution < 1.29 is 4.74 Å². The van der Waals surface area contributed by atoms with E-state index in [0.717, 1.165) is 6.61 Å². The second-order valence-electron chi connectivity index (χ2n) is 5.02. The Balaban J connectivity index is 2.18. The number of ether oxygens (including phenoxy) is 1. The Morgan fingerprint density at radius 2 is 2.06 bits per heavy atom. The largest absolute Gasteiger partial charge is 0.376 e. The molecule has 0 bridgehead atoms. The Labute approximate surface area is 104 Å². The molecule has 1 fully saturated rings. The number of aryl methyl sites for hydroxylation is 2. The minimum Gasteiger partial charge on any atom is -0.376 e. The van der Waals surface area contributed by atoms with Crippen LogP contribution in [0.3, 0.4) is 0 Å². The van der Waals surface area contributed by atoms with Gasteiger partial charge in [0.1, 0.15) is 0 Å². The first kappa shape index (κ1) is 12.6. The number of nitrogens with one attached hydrogen (secondary N) is 1. The first-order chi connectivity index (χ1) is 8.22. The molecule has 1 saturated heterocycles. The lowest BCUT2D eigenvalue weighted by Crippen LogP contribution is -2.34. The van der Waals surface area contributed by atoms with Gasteiger partial charge in [0.25, 0.3) is 0 Å². The third-order valence-corrected chi connectivity index (χ3v) is 3.79. The van der Waals surface area contributed by atoms with E-state index in [2.05, 4.69) is 37.4 Å². The number of likely N-dealkylation sites (N-methyl/N-ethyl adjacent to an activating group) is 1. The molecule has 1 heterocycles. The van der Waals surface area contributed by atoms with E-state index in [1.165, 1.54) is 36.0 Å². The summed E-state index contributed by atoms with van der Waals surface area (Å²) >= 11 is 0. The molecule has 0 saturated carbocycles. The Morgan fingerprint density at radius 3 is 2.65 bits per heavy atom. The fourth-order valence-electron chi connectivity index (χ4n) is 2.55. The fraction of sp³-hybridized carbons (Fsp3) is 0.600. The zero-order valence-corrected chi connectivity index (χ0v) is 11.1. The highest BCUT2D eigenvalue weighted by molar-refractivity contribution is 5.32. The molecule has 0 spiro atoms. The molecule has 94 valence electrons. The topological polar surface area (TPSA) is 21.3 Å². The first-order valence-corrected chi connectivity index (χ1v) is 6.58. The average Bonchev–Trinajstić information content (AvgIpc) is 2.36. The van der Waals surface area contributed by atoms with Crippen LogP contribution in [0.15, 0.2) is 18.2 Å². The molecule has 0 radical (unpaired) electrons. The van der Waals surface area contributed by atoms with Crippen molar-refractivity contribution in [3.05, 3.63) is 34.9 Å². The molecule has 1 N–H and O–H groups in total. The van der Waals surface area contributed by atoms with Crippen molar-refractivity contribution in [3.63, 3.8) is 0 Å². The van der Waals surface area contributed by atoms with Crippen LogP contribution in [0.2, 0.25) is 0 Å². The highest BCUT2D eigenvalue weighted by Crippen LogP contribution is 2.27. The minimum absolute atomic E-state index is 0.328. The van der Waals surface area contributed by atoms with E-state index >= 15 is 0 Å². The SMILES string of the molecule is CNC(c1ccc(C)c(C)c1)C1CCCCO1. The van der Waals surface area contributed by atoms with Gasteiger partial charge in [-0.1, -0.05) is 18.2 Å². The Morgan fingerprint density at radius 1 is 1.24 bits per heavy atom. The summed E-state index contributed by atoms with van der Waals surface area (Å²) < 4.78 is 5.89. The van der Waals surface area contributed by atoms with Gasteiger partial charge in [-0.3, -0.25) is 0 Å².